The zero-order chi connectivity index (χ0) is 14.3. The second kappa shape index (κ2) is 4.71. The number of benzene rings is 1. The normalized spacial score (nSPS) is 16.7. The van der Waals surface area contributed by atoms with Crippen LogP contribution in [0.25, 0.3) is 11.4 Å². The minimum absolute atomic E-state index is 0.280. The molecular weight excluding hydrogens is 303 g/mol. The van der Waals surface area contributed by atoms with Gasteiger partial charge in [0, 0.05) is 0 Å². The fourth-order valence-electron chi connectivity index (χ4n) is 2.37. The predicted molar refractivity (Wildman–Crippen MR) is 72.7 cm³/mol. The molecule has 6 nitrogen and oxygen atoms in total. The molecule has 0 radical (unpaired) electrons. The maximum Gasteiger partial charge on any atom is 0.331 e. The van der Waals surface area contributed by atoms with Crippen molar-refractivity contribution in [1.82, 2.24) is 20.2 Å². The molecule has 0 bridgehead atoms. The van der Waals surface area contributed by atoms with Gasteiger partial charge in [-0.3, -0.25) is 0 Å². The highest BCUT2D eigenvalue weighted by molar-refractivity contribution is 6.39. The summed E-state index contributed by atoms with van der Waals surface area (Å²) in [6.45, 7) is 0. The Morgan fingerprint density at radius 1 is 1.30 bits per heavy atom. The van der Waals surface area contributed by atoms with Gasteiger partial charge in [-0.25, -0.2) is 9.48 Å². The van der Waals surface area contributed by atoms with Crippen molar-refractivity contribution in [3.63, 3.8) is 0 Å². The van der Waals surface area contributed by atoms with Crippen molar-refractivity contribution in [2.75, 3.05) is 0 Å². The number of hydrogen-bond donors (Lipinski definition) is 1. The minimum Gasteiger partial charge on any atom is -0.479 e. The molecule has 3 rings (SSSR count). The number of aromatic nitrogens is 4. The van der Waals surface area contributed by atoms with Crippen molar-refractivity contribution in [2.24, 2.45) is 0 Å². The molecule has 0 amide bonds. The number of carboxylic acid groups (broad SMARTS) is 1. The molecule has 0 atom stereocenters. The van der Waals surface area contributed by atoms with Crippen LogP contribution in [0.4, 0.5) is 0 Å². The van der Waals surface area contributed by atoms with Gasteiger partial charge in [-0.15, -0.1) is 5.10 Å². The smallest absolute Gasteiger partial charge is 0.331 e. The van der Waals surface area contributed by atoms with Crippen LogP contribution in [0.15, 0.2) is 18.2 Å². The van der Waals surface area contributed by atoms with Crippen LogP contribution in [0.3, 0.4) is 0 Å². The Balaban J connectivity index is 2.19. The van der Waals surface area contributed by atoms with Gasteiger partial charge in [-0.05, 0) is 41.8 Å². The molecule has 0 aliphatic heterocycles. The van der Waals surface area contributed by atoms with Crippen LogP contribution in [-0.2, 0) is 10.3 Å². The average Bonchev–Trinajstić information content (AvgIpc) is 2.76. The molecule has 1 aliphatic carbocycles. The number of carboxylic acids is 1. The summed E-state index contributed by atoms with van der Waals surface area (Å²) in [7, 11) is 0. The van der Waals surface area contributed by atoms with Crippen LogP contribution in [-0.4, -0.2) is 31.3 Å². The lowest BCUT2D eigenvalue weighted by Gasteiger charge is -2.37. The first-order valence-electron chi connectivity index (χ1n) is 6.03. The number of carbonyl (C=O) groups is 1. The van der Waals surface area contributed by atoms with Gasteiger partial charge < -0.3 is 5.11 Å². The van der Waals surface area contributed by atoms with E-state index < -0.39 is 11.5 Å². The maximum atomic E-state index is 11.6. The van der Waals surface area contributed by atoms with Crippen LogP contribution in [0.1, 0.15) is 19.3 Å². The van der Waals surface area contributed by atoms with E-state index >= 15 is 0 Å². The number of hydrogen-bond acceptors (Lipinski definition) is 4. The highest BCUT2D eigenvalue weighted by Gasteiger charge is 2.49. The maximum absolute atomic E-state index is 11.6. The van der Waals surface area contributed by atoms with E-state index in [2.05, 4.69) is 15.5 Å². The summed E-state index contributed by atoms with van der Waals surface area (Å²) >= 11 is 12.3. The third kappa shape index (κ3) is 1.79. The highest BCUT2D eigenvalue weighted by Crippen LogP contribution is 2.42. The van der Waals surface area contributed by atoms with E-state index in [1.54, 1.807) is 18.2 Å². The fraction of sp³-hybridized carbons (Fsp3) is 0.333. The molecule has 1 heterocycles. The van der Waals surface area contributed by atoms with Crippen molar-refractivity contribution in [1.29, 1.82) is 0 Å². The predicted octanol–water partition coefficient (Wildman–Crippen LogP) is 2.61. The van der Waals surface area contributed by atoms with Gasteiger partial charge in [0.25, 0.3) is 0 Å². The van der Waals surface area contributed by atoms with Gasteiger partial charge in [0.05, 0.1) is 15.6 Å². The number of tetrazole rings is 1. The van der Waals surface area contributed by atoms with Gasteiger partial charge in [0.2, 0.25) is 0 Å². The van der Waals surface area contributed by atoms with E-state index in [1.807, 2.05) is 0 Å². The second-order valence-electron chi connectivity index (χ2n) is 4.70. The van der Waals surface area contributed by atoms with Gasteiger partial charge >= 0.3 is 5.97 Å². The van der Waals surface area contributed by atoms with E-state index in [1.165, 1.54) is 4.68 Å². The number of halogens is 2. The molecule has 104 valence electrons. The quantitative estimate of drug-likeness (QED) is 0.942. The standard InChI is InChI=1S/C12H10Cl2N4O2/c13-7-3-1-4-8(14)9(7)10-15-16-17-18(10)12(11(19)20)5-2-6-12/h1,3-4H,2,5-6H2,(H,19,20). The number of rotatable bonds is 3. The molecule has 0 saturated heterocycles. The van der Waals surface area contributed by atoms with Crippen molar-refractivity contribution < 1.29 is 9.90 Å². The Morgan fingerprint density at radius 3 is 2.45 bits per heavy atom. The van der Waals surface area contributed by atoms with Gasteiger partial charge in [-0.2, -0.15) is 0 Å². The molecule has 0 unspecified atom stereocenters. The zero-order valence-corrected chi connectivity index (χ0v) is 11.8. The first kappa shape index (κ1) is 13.3. The molecular formula is C12H10Cl2N4O2. The third-order valence-corrected chi connectivity index (χ3v) is 4.27. The van der Waals surface area contributed by atoms with Crippen LogP contribution in [0, 0.1) is 0 Å². The summed E-state index contributed by atoms with van der Waals surface area (Å²) in [5, 5.41) is 21.6. The number of aliphatic carboxylic acids is 1. The summed E-state index contributed by atoms with van der Waals surface area (Å²) in [4.78, 5) is 11.6. The first-order valence-corrected chi connectivity index (χ1v) is 6.78. The molecule has 1 saturated carbocycles. The van der Waals surface area contributed by atoms with Crippen molar-refractivity contribution in [3.05, 3.63) is 28.2 Å². The van der Waals surface area contributed by atoms with E-state index in [0.29, 0.717) is 28.5 Å². The van der Waals surface area contributed by atoms with E-state index in [4.69, 9.17) is 23.2 Å². The Morgan fingerprint density at radius 2 is 1.95 bits per heavy atom. The van der Waals surface area contributed by atoms with E-state index in [-0.39, 0.29) is 5.82 Å². The van der Waals surface area contributed by atoms with Crippen molar-refractivity contribution in [3.8, 4) is 11.4 Å². The molecule has 1 aliphatic rings. The van der Waals surface area contributed by atoms with Gasteiger partial charge in [0.1, 0.15) is 0 Å². The Bertz CT molecular complexity index is 662. The Kier molecular flexibility index (Phi) is 3.14. The average molecular weight is 313 g/mol. The summed E-state index contributed by atoms with van der Waals surface area (Å²) in [6.07, 6.45) is 1.80. The summed E-state index contributed by atoms with van der Waals surface area (Å²) in [6, 6.07) is 5.03. The van der Waals surface area contributed by atoms with Crippen molar-refractivity contribution in [2.45, 2.75) is 24.8 Å². The lowest BCUT2D eigenvalue weighted by molar-refractivity contribution is -0.153. The van der Waals surface area contributed by atoms with Crippen LogP contribution in [0.2, 0.25) is 10.0 Å². The topological polar surface area (TPSA) is 80.9 Å². The molecule has 1 aromatic heterocycles. The zero-order valence-electron chi connectivity index (χ0n) is 10.3. The minimum atomic E-state index is -1.10. The van der Waals surface area contributed by atoms with Gasteiger partial charge in [-0.1, -0.05) is 29.3 Å². The van der Waals surface area contributed by atoms with Crippen LogP contribution >= 0.6 is 23.2 Å². The third-order valence-electron chi connectivity index (χ3n) is 3.64. The SMILES string of the molecule is O=C(O)C1(n2nnnc2-c2c(Cl)cccc2Cl)CCC1. The van der Waals surface area contributed by atoms with Crippen LogP contribution < -0.4 is 0 Å². The van der Waals surface area contributed by atoms with Gasteiger partial charge in [0.15, 0.2) is 11.4 Å². The van der Waals surface area contributed by atoms with Crippen LogP contribution in [0.5, 0.6) is 0 Å². The molecule has 0 spiro atoms. The lowest BCUT2D eigenvalue weighted by atomic mass is 9.76. The summed E-state index contributed by atoms with van der Waals surface area (Å²) in [5.41, 5.74) is -0.644. The molecule has 1 N–H and O–H groups in total. The van der Waals surface area contributed by atoms with Crippen molar-refractivity contribution >= 4 is 29.2 Å². The lowest BCUT2D eigenvalue weighted by Crippen LogP contribution is -2.48. The highest BCUT2D eigenvalue weighted by atomic mass is 35.5. The monoisotopic (exact) mass is 312 g/mol. The summed E-state index contributed by atoms with van der Waals surface area (Å²) in [5.74, 6) is -0.664. The Hall–Kier alpha value is -1.66. The molecule has 1 aromatic carbocycles. The Labute approximate surface area is 124 Å². The largest absolute Gasteiger partial charge is 0.479 e. The molecule has 2 aromatic rings. The van der Waals surface area contributed by atoms with E-state index in [0.717, 1.165) is 6.42 Å². The molecule has 20 heavy (non-hydrogen) atoms. The van der Waals surface area contributed by atoms with E-state index in [9.17, 15) is 9.90 Å². The fourth-order valence-corrected chi connectivity index (χ4v) is 2.94. The number of nitrogens with zero attached hydrogens (tertiary/aromatic N) is 4. The summed E-state index contributed by atoms with van der Waals surface area (Å²) < 4.78 is 1.33. The second-order valence-corrected chi connectivity index (χ2v) is 5.52. The molecule has 1 fully saturated rings. The molecule has 8 heteroatoms. The first-order chi connectivity index (χ1) is 9.56.